The number of hydrogen-bond donors (Lipinski definition) is 0. The van der Waals surface area contributed by atoms with Crippen LogP contribution in [0.5, 0.6) is 0 Å². The summed E-state index contributed by atoms with van der Waals surface area (Å²) in [6.45, 7) is 5.91. The van der Waals surface area contributed by atoms with Crippen LogP contribution < -0.4 is 5.56 Å². The number of rotatable bonds is 3. The molecule has 1 aromatic rings. The Bertz CT molecular complexity index is 686. The van der Waals surface area contributed by atoms with E-state index in [1.807, 2.05) is 4.90 Å². The number of aromatic nitrogens is 2. The number of likely N-dealkylation sites (tertiary alicyclic amines) is 2. The molecule has 2 aliphatic heterocycles. The van der Waals surface area contributed by atoms with Crippen molar-refractivity contribution in [1.29, 1.82) is 0 Å². The van der Waals surface area contributed by atoms with E-state index in [0.717, 1.165) is 45.4 Å². The lowest BCUT2D eigenvalue weighted by Crippen LogP contribution is -2.46. The summed E-state index contributed by atoms with van der Waals surface area (Å²) in [5.74, 6) is 1.00. The molecule has 0 spiro atoms. The molecule has 2 saturated heterocycles. The Labute approximate surface area is 157 Å². The van der Waals surface area contributed by atoms with Crippen molar-refractivity contribution in [3.8, 4) is 0 Å². The number of carbonyl (C=O) groups is 1. The van der Waals surface area contributed by atoms with Crippen LogP contribution in [0.2, 0.25) is 10.0 Å². The maximum Gasteiger partial charge on any atom is 0.288 e. The van der Waals surface area contributed by atoms with Crippen LogP contribution in [0.15, 0.2) is 11.0 Å². The van der Waals surface area contributed by atoms with E-state index in [0.29, 0.717) is 18.5 Å². The van der Waals surface area contributed by atoms with Gasteiger partial charge in [0.2, 0.25) is 5.91 Å². The first-order valence-corrected chi connectivity index (χ1v) is 9.63. The van der Waals surface area contributed by atoms with Crippen LogP contribution in [0.1, 0.15) is 32.6 Å². The molecular weight excluding hydrogens is 363 g/mol. The molecule has 1 atom stereocenters. The van der Waals surface area contributed by atoms with Gasteiger partial charge >= 0.3 is 0 Å². The molecule has 0 bridgehead atoms. The van der Waals surface area contributed by atoms with Gasteiger partial charge in [-0.2, -0.15) is 5.10 Å². The molecule has 3 heterocycles. The van der Waals surface area contributed by atoms with Crippen molar-refractivity contribution >= 4 is 29.1 Å². The predicted molar refractivity (Wildman–Crippen MR) is 97.8 cm³/mol. The Balaban J connectivity index is 1.54. The van der Waals surface area contributed by atoms with Crippen LogP contribution in [0.4, 0.5) is 0 Å². The van der Waals surface area contributed by atoms with E-state index in [9.17, 15) is 9.59 Å². The Kier molecular flexibility index (Phi) is 6.02. The number of hydrogen-bond acceptors (Lipinski definition) is 4. The molecule has 138 valence electrons. The third-order valence-electron chi connectivity index (χ3n) is 5.18. The number of carbonyl (C=O) groups excluding carboxylic acids is 1. The van der Waals surface area contributed by atoms with Crippen molar-refractivity contribution in [2.24, 2.45) is 11.8 Å². The van der Waals surface area contributed by atoms with Crippen LogP contribution in [-0.2, 0) is 11.5 Å². The zero-order valence-electron chi connectivity index (χ0n) is 14.5. The van der Waals surface area contributed by atoms with Crippen LogP contribution in [0.3, 0.4) is 0 Å². The van der Waals surface area contributed by atoms with Gasteiger partial charge in [-0.1, -0.05) is 30.1 Å². The highest BCUT2D eigenvalue weighted by molar-refractivity contribution is 6.41. The topological polar surface area (TPSA) is 58.4 Å². The molecule has 0 aliphatic carbocycles. The maximum absolute atomic E-state index is 12.7. The summed E-state index contributed by atoms with van der Waals surface area (Å²) in [6, 6.07) is 0. The fraction of sp³-hybridized carbons (Fsp3) is 0.706. The Morgan fingerprint density at radius 1 is 1.24 bits per heavy atom. The summed E-state index contributed by atoms with van der Waals surface area (Å²) in [4.78, 5) is 28.9. The van der Waals surface area contributed by atoms with Gasteiger partial charge < -0.3 is 4.90 Å². The first kappa shape index (κ1) is 18.7. The molecule has 0 aromatic carbocycles. The fourth-order valence-electron chi connectivity index (χ4n) is 3.70. The van der Waals surface area contributed by atoms with E-state index in [4.69, 9.17) is 23.2 Å². The lowest BCUT2D eigenvalue weighted by molar-refractivity contribution is -0.139. The van der Waals surface area contributed by atoms with Gasteiger partial charge in [0, 0.05) is 32.1 Å². The summed E-state index contributed by atoms with van der Waals surface area (Å²) >= 11 is 11.7. The zero-order chi connectivity index (χ0) is 18.0. The summed E-state index contributed by atoms with van der Waals surface area (Å²) in [5.41, 5.74) is -0.380. The Hall–Kier alpha value is -1.11. The average molecular weight is 387 g/mol. The third-order valence-corrected chi connectivity index (χ3v) is 5.93. The van der Waals surface area contributed by atoms with E-state index in [-0.39, 0.29) is 21.5 Å². The number of nitrogens with zero attached hydrogens (tertiary/aromatic N) is 4. The Morgan fingerprint density at radius 3 is 2.64 bits per heavy atom. The second-order valence-corrected chi connectivity index (χ2v) is 7.96. The van der Waals surface area contributed by atoms with Crippen molar-refractivity contribution in [1.82, 2.24) is 19.6 Å². The third kappa shape index (κ3) is 4.36. The molecule has 1 aromatic heterocycles. The van der Waals surface area contributed by atoms with E-state index < -0.39 is 0 Å². The highest BCUT2D eigenvalue weighted by atomic mass is 35.5. The standard InChI is InChI=1S/C17H24Cl2N4O2/c1-12-3-2-6-22(10-12)16(24)13-4-7-21(8-5-13)11-23-17(25)15(19)14(18)9-20-23/h9,12-13H,2-8,10-11H2,1H3. The highest BCUT2D eigenvalue weighted by Gasteiger charge is 2.30. The molecule has 3 rings (SSSR count). The molecule has 0 N–H and O–H groups in total. The molecule has 6 nitrogen and oxygen atoms in total. The summed E-state index contributed by atoms with van der Waals surface area (Å²) in [7, 11) is 0. The molecule has 1 unspecified atom stereocenters. The van der Waals surface area contributed by atoms with Crippen molar-refractivity contribution in [2.75, 3.05) is 26.2 Å². The van der Waals surface area contributed by atoms with Crippen molar-refractivity contribution in [3.05, 3.63) is 26.6 Å². The van der Waals surface area contributed by atoms with Gasteiger partial charge in [0.05, 0.1) is 17.9 Å². The first-order valence-electron chi connectivity index (χ1n) is 8.88. The zero-order valence-corrected chi connectivity index (χ0v) is 16.0. The van der Waals surface area contributed by atoms with Crippen molar-refractivity contribution in [2.45, 2.75) is 39.3 Å². The lowest BCUT2D eigenvalue weighted by Gasteiger charge is -2.37. The minimum absolute atomic E-state index is 0.000878. The van der Waals surface area contributed by atoms with Gasteiger partial charge in [0.1, 0.15) is 5.02 Å². The smallest absolute Gasteiger partial charge is 0.288 e. The minimum atomic E-state index is -0.380. The van der Waals surface area contributed by atoms with Gasteiger partial charge in [-0.25, -0.2) is 4.68 Å². The van der Waals surface area contributed by atoms with E-state index in [2.05, 4.69) is 16.9 Å². The molecule has 2 aliphatic rings. The van der Waals surface area contributed by atoms with E-state index in [1.54, 1.807) is 0 Å². The predicted octanol–water partition coefficient (Wildman–Crippen LogP) is 2.48. The van der Waals surface area contributed by atoms with Gasteiger partial charge in [-0.3, -0.25) is 14.5 Å². The normalized spacial score (nSPS) is 23.0. The Morgan fingerprint density at radius 2 is 1.96 bits per heavy atom. The second-order valence-electron chi connectivity index (χ2n) is 7.18. The van der Waals surface area contributed by atoms with Gasteiger partial charge in [0.25, 0.3) is 5.56 Å². The van der Waals surface area contributed by atoms with Crippen molar-refractivity contribution in [3.63, 3.8) is 0 Å². The molecule has 1 amide bonds. The lowest BCUT2D eigenvalue weighted by atomic mass is 9.93. The van der Waals surface area contributed by atoms with Crippen LogP contribution >= 0.6 is 23.2 Å². The summed E-state index contributed by atoms with van der Waals surface area (Å²) < 4.78 is 1.32. The maximum atomic E-state index is 12.7. The van der Waals surface area contributed by atoms with Crippen LogP contribution in [0.25, 0.3) is 0 Å². The molecule has 0 saturated carbocycles. The number of amides is 1. The van der Waals surface area contributed by atoms with Gasteiger partial charge in [0.15, 0.2) is 0 Å². The van der Waals surface area contributed by atoms with Crippen LogP contribution in [0, 0.1) is 11.8 Å². The first-order chi connectivity index (χ1) is 12.0. The molecule has 25 heavy (non-hydrogen) atoms. The monoisotopic (exact) mass is 386 g/mol. The molecule has 2 fully saturated rings. The minimum Gasteiger partial charge on any atom is -0.342 e. The summed E-state index contributed by atoms with van der Waals surface area (Å²) in [6.07, 6.45) is 5.35. The largest absolute Gasteiger partial charge is 0.342 e. The fourth-order valence-corrected chi connectivity index (χ4v) is 3.98. The molecule has 0 radical (unpaired) electrons. The molecule has 8 heteroatoms. The average Bonchev–Trinajstić information content (AvgIpc) is 2.62. The summed E-state index contributed by atoms with van der Waals surface area (Å²) in [5, 5.41) is 4.21. The van der Waals surface area contributed by atoms with Crippen LogP contribution in [-0.4, -0.2) is 51.7 Å². The highest BCUT2D eigenvalue weighted by Crippen LogP contribution is 2.24. The second kappa shape index (κ2) is 8.06. The number of piperidine rings is 2. The van der Waals surface area contributed by atoms with Gasteiger partial charge in [-0.05, 0) is 31.6 Å². The van der Waals surface area contributed by atoms with Crippen molar-refractivity contribution < 1.29 is 4.79 Å². The molecular formula is C17H24Cl2N4O2. The van der Waals surface area contributed by atoms with Gasteiger partial charge in [-0.15, -0.1) is 0 Å². The number of halogens is 2. The SMILES string of the molecule is CC1CCCN(C(=O)C2CCN(Cn3ncc(Cl)c(Cl)c3=O)CC2)C1. The van der Waals surface area contributed by atoms with E-state index >= 15 is 0 Å². The quantitative estimate of drug-likeness (QED) is 0.800. The van der Waals surface area contributed by atoms with E-state index in [1.165, 1.54) is 17.3 Å².